The molecule has 2 rings (SSSR count). The van der Waals surface area contributed by atoms with Crippen LogP contribution in [-0.2, 0) is 13.2 Å². The molecule has 0 spiro atoms. The highest BCUT2D eigenvalue weighted by molar-refractivity contribution is 5.27. The summed E-state index contributed by atoms with van der Waals surface area (Å²) in [5.41, 5.74) is 3.82. The van der Waals surface area contributed by atoms with E-state index >= 15 is 0 Å². The molecule has 0 radical (unpaired) electrons. The van der Waals surface area contributed by atoms with Gasteiger partial charge in [-0.15, -0.1) is 0 Å². The van der Waals surface area contributed by atoms with E-state index in [4.69, 9.17) is 4.74 Å². The highest BCUT2D eigenvalue weighted by Crippen LogP contribution is 2.14. The zero-order chi connectivity index (χ0) is 13.5. The van der Waals surface area contributed by atoms with Gasteiger partial charge in [0.2, 0.25) is 0 Å². The molecule has 0 bridgehead atoms. The molecule has 0 fully saturated rings. The standard InChI is InChI=1S/C17H21NO/c1-3-18-12-15-8-10-17(11-9-15)19-13-16-6-4-14(2)5-7-16/h4-11,18H,3,12-13H2,1-2H3/p+1. The molecule has 0 amide bonds. The average Bonchev–Trinajstić information content (AvgIpc) is 2.46. The number of ether oxygens (including phenoxy) is 1. The predicted octanol–water partition coefficient (Wildman–Crippen LogP) is 2.66. The number of aryl methyl sites for hydroxylation is 1. The fourth-order valence-electron chi connectivity index (χ4n) is 1.88. The maximum atomic E-state index is 5.78. The number of nitrogens with two attached hydrogens (primary N) is 1. The lowest BCUT2D eigenvalue weighted by atomic mass is 10.2. The van der Waals surface area contributed by atoms with Gasteiger partial charge in [-0.25, -0.2) is 0 Å². The molecule has 0 aliphatic heterocycles. The third-order valence-corrected chi connectivity index (χ3v) is 3.12. The first-order valence-electron chi connectivity index (χ1n) is 6.87. The normalized spacial score (nSPS) is 10.4. The van der Waals surface area contributed by atoms with E-state index in [-0.39, 0.29) is 0 Å². The molecule has 2 N–H and O–H groups in total. The summed E-state index contributed by atoms with van der Waals surface area (Å²) in [4.78, 5) is 0. The van der Waals surface area contributed by atoms with Gasteiger partial charge in [-0.2, -0.15) is 0 Å². The Morgan fingerprint density at radius 1 is 0.895 bits per heavy atom. The third kappa shape index (κ3) is 4.42. The maximum absolute atomic E-state index is 5.78. The van der Waals surface area contributed by atoms with Gasteiger partial charge in [-0.1, -0.05) is 29.8 Å². The lowest BCUT2D eigenvalue weighted by Gasteiger charge is -2.07. The molecule has 0 aliphatic rings. The monoisotopic (exact) mass is 256 g/mol. The van der Waals surface area contributed by atoms with Crippen molar-refractivity contribution in [3.8, 4) is 5.75 Å². The van der Waals surface area contributed by atoms with Crippen LogP contribution in [0.2, 0.25) is 0 Å². The van der Waals surface area contributed by atoms with E-state index in [1.54, 1.807) is 0 Å². The van der Waals surface area contributed by atoms with Gasteiger partial charge in [-0.05, 0) is 43.7 Å². The molecule has 0 aliphatic carbocycles. The molecule has 100 valence electrons. The Morgan fingerprint density at radius 2 is 1.53 bits per heavy atom. The highest BCUT2D eigenvalue weighted by atomic mass is 16.5. The number of hydrogen-bond donors (Lipinski definition) is 1. The number of benzene rings is 2. The minimum absolute atomic E-state index is 0.626. The summed E-state index contributed by atoms with van der Waals surface area (Å²) >= 11 is 0. The lowest BCUT2D eigenvalue weighted by molar-refractivity contribution is -0.667. The zero-order valence-corrected chi connectivity index (χ0v) is 11.7. The summed E-state index contributed by atoms with van der Waals surface area (Å²) in [5, 5.41) is 2.28. The van der Waals surface area contributed by atoms with Crippen LogP contribution in [0.5, 0.6) is 5.75 Å². The minimum Gasteiger partial charge on any atom is -0.489 e. The molecule has 2 aromatic rings. The SMILES string of the molecule is CC[NH2+]Cc1ccc(OCc2ccc(C)cc2)cc1. The maximum Gasteiger partial charge on any atom is 0.119 e. The van der Waals surface area contributed by atoms with Crippen molar-refractivity contribution in [3.05, 3.63) is 65.2 Å². The second-order valence-electron chi connectivity index (χ2n) is 4.82. The smallest absolute Gasteiger partial charge is 0.119 e. The molecular formula is C17H22NO+. The van der Waals surface area contributed by atoms with E-state index < -0.39 is 0 Å². The Kier molecular flexibility index (Phi) is 4.99. The molecule has 0 saturated carbocycles. The van der Waals surface area contributed by atoms with E-state index in [2.05, 4.69) is 55.6 Å². The van der Waals surface area contributed by atoms with Crippen LogP contribution >= 0.6 is 0 Å². The van der Waals surface area contributed by atoms with Crippen molar-refractivity contribution in [2.24, 2.45) is 0 Å². The van der Waals surface area contributed by atoms with Crippen molar-refractivity contribution < 1.29 is 10.1 Å². The Bertz CT molecular complexity index is 488. The van der Waals surface area contributed by atoms with Crippen LogP contribution in [0.1, 0.15) is 23.6 Å². The van der Waals surface area contributed by atoms with Gasteiger partial charge in [0.15, 0.2) is 0 Å². The van der Waals surface area contributed by atoms with Crippen LogP contribution < -0.4 is 10.1 Å². The Labute approximate surface area is 115 Å². The van der Waals surface area contributed by atoms with Gasteiger partial charge in [-0.3, -0.25) is 0 Å². The van der Waals surface area contributed by atoms with E-state index in [1.165, 1.54) is 16.7 Å². The fourth-order valence-corrected chi connectivity index (χ4v) is 1.88. The third-order valence-electron chi connectivity index (χ3n) is 3.12. The van der Waals surface area contributed by atoms with Gasteiger partial charge in [0.05, 0.1) is 6.54 Å². The summed E-state index contributed by atoms with van der Waals surface area (Å²) in [6, 6.07) is 16.8. The van der Waals surface area contributed by atoms with Gasteiger partial charge < -0.3 is 10.1 Å². The largest absolute Gasteiger partial charge is 0.489 e. The molecular weight excluding hydrogens is 234 g/mol. The number of hydrogen-bond acceptors (Lipinski definition) is 1. The fraction of sp³-hybridized carbons (Fsp3) is 0.294. The van der Waals surface area contributed by atoms with Crippen molar-refractivity contribution in [2.45, 2.75) is 27.0 Å². The molecule has 2 aromatic carbocycles. The summed E-state index contributed by atoms with van der Waals surface area (Å²) in [6.07, 6.45) is 0. The highest BCUT2D eigenvalue weighted by Gasteiger charge is 1.98. The molecule has 0 unspecified atom stereocenters. The van der Waals surface area contributed by atoms with Crippen LogP contribution in [0.3, 0.4) is 0 Å². The Balaban J connectivity index is 1.87. The van der Waals surface area contributed by atoms with E-state index in [0.29, 0.717) is 6.61 Å². The van der Waals surface area contributed by atoms with Gasteiger partial charge in [0.25, 0.3) is 0 Å². The first-order valence-corrected chi connectivity index (χ1v) is 6.87. The summed E-state index contributed by atoms with van der Waals surface area (Å²) < 4.78 is 5.78. The topological polar surface area (TPSA) is 25.8 Å². The van der Waals surface area contributed by atoms with Crippen LogP contribution in [0.25, 0.3) is 0 Å². The van der Waals surface area contributed by atoms with E-state index in [9.17, 15) is 0 Å². The zero-order valence-electron chi connectivity index (χ0n) is 11.7. The number of quaternary nitrogens is 1. The summed E-state index contributed by atoms with van der Waals surface area (Å²) in [5.74, 6) is 0.931. The molecule has 0 heterocycles. The van der Waals surface area contributed by atoms with Crippen molar-refractivity contribution >= 4 is 0 Å². The van der Waals surface area contributed by atoms with Crippen molar-refractivity contribution in [1.82, 2.24) is 0 Å². The summed E-state index contributed by atoms with van der Waals surface area (Å²) in [6.45, 7) is 7.04. The van der Waals surface area contributed by atoms with Gasteiger partial charge in [0.1, 0.15) is 18.9 Å². The van der Waals surface area contributed by atoms with Crippen LogP contribution in [0.4, 0.5) is 0 Å². The van der Waals surface area contributed by atoms with E-state index in [0.717, 1.165) is 18.8 Å². The second kappa shape index (κ2) is 6.95. The Hall–Kier alpha value is -1.80. The lowest BCUT2D eigenvalue weighted by Crippen LogP contribution is -2.81. The minimum atomic E-state index is 0.626. The van der Waals surface area contributed by atoms with Crippen LogP contribution in [0, 0.1) is 6.92 Å². The molecule has 0 aromatic heterocycles. The molecule has 2 heteroatoms. The van der Waals surface area contributed by atoms with E-state index in [1.807, 2.05) is 12.1 Å². The first-order chi connectivity index (χ1) is 9.28. The molecule has 19 heavy (non-hydrogen) atoms. The average molecular weight is 256 g/mol. The van der Waals surface area contributed by atoms with Crippen molar-refractivity contribution in [3.63, 3.8) is 0 Å². The first kappa shape index (κ1) is 13.6. The van der Waals surface area contributed by atoms with Crippen LogP contribution in [-0.4, -0.2) is 6.54 Å². The van der Waals surface area contributed by atoms with Crippen molar-refractivity contribution in [2.75, 3.05) is 6.54 Å². The molecule has 0 saturated heterocycles. The summed E-state index contributed by atoms with van der Waals surface area (Å²) in [7, 11) is 0. The molecule has 0 atom stereocenters. The van der Waals surface area contributed by atoms with Gasteiger partial charge >= 0.3 is 0 Å². The second-order valence-corrected chi connectivity index (χ2v) is 4.82. The van der Waals surface area contributed by atoms with Crippen LogP contribution in [0.15, 0.2) is 48.5 Å². The quantitative estimate of drug-likeness (QED) is 0.845. The number of rotatable bonds is 6. The van der Waals surface area contributed by atoms with Gasteiger partial charge in [0, 0.05) is 5.56 Å². The molecule has 2 nitrogen and oxygen atoms in total. The predicted molar refractivity (Wildman–Crippen MR) is 78.1 cm³/mol. The Morgan fingerprint density at radius 3 is 2.16 bits per heavy atom. The van der Waals surface area contributed by atoms with Crippen molar-refractivity contribution in [1.29, 1.82) is 0 Å².